The van der Waals surface area contributed by atoms with Gasteiger partial charge in [-0.1, -0.05) is 35.9 Å². The topological polar surface area (TPSA) is 55.8 Å². The summed E-state index contributed by atoms with van der Waals surface area (Å²) in [7, 11) is 1.64. The Morgan fingerprint density at radius 3 is 2.52 bits per heavy atom. The number of rotatable bonds is 12. The van der Waals surface area contributed by atoms with Gasteiger partial charge in [-0.05, 0) is 80.3 Å². The smallest absolute Gasteiger partial charge is 0.216 e. The summed E-state index contributed by atoms with van der Waals surface area (Å²) in [4.78, 5) is 12.9. The number of carbonyl (C=O) groups is 1. The summed E-state index contributed by atoms with van der Waals surface area (Å²) in [6, 6.07) is 15.7. The quantitative estimate of drug-likeness (QED) is 0.289. The van der Waals surface area contributed by atoms with Crippen LogP contribution in [0.25, 0.3) is 0 Å². The molecule has 1 unspecified atom stereocenters. The van der Waals surface area contributed by atoms with E-state index in [1.165, 1.54) is 17.3 Å². The number of benzene rings is 2. The Hall–Kier alpha value is -2.08. The number of aliphatic hydroxyl groups is 1. The second kappa shape index (κ2) is 13.2. The van der Waals surface area contributed by atoms with E-state index < -0.39 is 0 Å². The number of hydrogen-bond acceptors (Lipinski definition) is 5. The number of aliphatic hydroxyl groups excluding tert-OH is 1. The molecule has 156 valence electrons. The van der Waals surface area contributed by atoms with E-state index in [1.54, 1.807) is 13.2 Å². The zero-order valence-corrected chi connectivity index (χ0v) is 18.0. The average Bonchev–Trinajstić information content (AvgIpc) is 2.73. The Bertz CT molecular complexity index is 753. The van der Waals surface area contributed by atoms with Crippen molar-refractivity contribution in [3.8, 4) is 5.75 Å². The van der Waals surface area contributed by atoms with Gasteiger partial charge in [0.25, 0.3) is 0 Å². The van der Waals surface area contributed by atoms with Crippen LogP contribution in [0.2, 0.25) is 0 Å². The lowest BCUT2D eigenvalue weighted by molar-refractivity contribution is -0.107. The third-order valence-corrected chi connectivity index (χ3v) is 5.27. The fourth-order valence-corrected chi connectivity index (χ4v) is 3.35. The van der Waals surface area contributed by atoms with Crippen LogP contribution >= 0.6 is 11.8 Å². The molecule has 1 atom stereocenters. The van der Waals surface area contributed by atoms with Crippen molar-refractivity contribution in [3.05, 3.63) is 71.8 Å². The minimum absolute atomic E-state index is 0.0290. The maximum atomic E-state index is 11.9. The molecule has 2 aromatic rings. The lowest BCUT2D eigenvalue weighted by Gasteiger charge is -2.10. The molecular formula is C24H30O4S. The van der Waals surface area contributed by atoms with Gasteiger partial charge in [0.15, 0.2) is 0 Å². The maximum Gasteiger partial charge on any atom is 0.216 e. The lowest BCUT2D eigenvalue weighted by Crippen LogP contribution is -2.10. The fourth-order valence-electron chi connectivity index (χ4n) is 2.68. The zero-order chi connectivity index (χ0) is 20.9. The van der Waals surface area contributed by atoms with Crippen LogP contribution in [0.3, 0.4) is 0 Å². The Morgan fingerprint density at radius 2 is 1.83 bits per heavy atom. The number of unbranched alkanes of at least 4 members (excludes halogenated alkanes) is 1. The van der Waals surface area contributed by atoms with E-state index in [2.05, 4.69) is 0 Å². The summed E-state index contributed by atoms with van der Waals surface area (Å²) in [6.07, 6.45) is 6.07. The van der Waals surface area contributed by atoms with Gasteiger partial charge in [0.1, 0.15) is 5.75 Å². The lowest BCUT2D eigenvalue weighted by atomic mass is 10.1. The summed E-state index contributed by atoms with van der Waals surface area (Å²) >= 11 is 1.23. The second-order valence-corrected chi connectivity index (χ2v) is 7.99. The van der Waals surface area contributed by atoms with Crippen molar-refractivity contribution in [2.45, 2.75) is 50.2 Å². The fraction of sp³-hybridized carbons (Fsp3) is 0.375. The molecular weight excluding hydrogens is 384 g/mol. The van der Waals surface area contributed by atoms with E-state index in [0.29, 0.717) is 26.1 Å². The molecule has 1 N–H and O–H groups in total. The molecule has 5 heteroatoms. The first-order valence-corrected chi connectivity index (χ1v) is 10.7. The van der Waals surface area contributed by atoms with E-state index in [1.807, 2.05) is 61.5 Å². The van der Waals surface area contributed by atoms with Crippen molar-refractivity contribution in [3.63, 3.8) is 0 Å². The van der Waals surface area contributed by atoms with Crippen molar-refractivity contribution in [1.82, 2.24) is 0 Å². The summed E-state index contributed by atoms with van der Waals surface area (Å²) < 4.78 is 10.8. The van der Waals surface area contributed by atoms with E-state index in [-0.39, 0.29) is 11.2 Å². The van der Waals surface area contributed by atoms with Crippen molar-refractivity contribution >= 4 is 16.9 Å². The summed E-state index contributed by atoms with van der Waals surface area (Å²) in [6.45, 7) is 3.08. The van der Waals surface area contributed by atoms with Crippen molar-refractivity contribution in [2.75, 3.05) is 13.7 Å². The van der Waals surface area contributed by atoms with Crippen LogP contribution in [-0.4, -0.2) is 30.0 Å². The first-order chi connectivity index (χ1) is 14.1. The Labute approximate surface area is 177 Å². The molecule has 0 aromatic heterocycles. The van der Waals surface area contributed by atoms with Gasteiger partial charge in [-0.15, -0.1) is 0 Å². The number of carbonyl (C=O) groups excluding carboxylic acids is 1. The number of methoxy groups -OCH3 is 1. The molecule has 2 rings (SSSR count). The molecule has 0 aliphatic heterocycles. The predicted molar refractivity (Wildman–Crippen MR) is 118 cm³/mol. The number of thioether (sulfide) groups is 1. The largest absolute Gasteiger partial charge is 0.497 e. The van der Waals surface area contributed by atoms with Crippen molar-refractivity contribution < 1.29 is 19.4 Å². The number of ether oxygens (including phenoxy) is 2. The summed E-state index contributed by atoms with van der Waals surface area (Å²) in [5.74, 6) is 0.827. The van der Waals surface area contributed by atoms with E-state index in [0.717, 1.165) is 29.1 Å². The highest BCUT2D eigenvalue weighted by atomic mass is 32.2. The second-order valence-electron chi connectivity index (χ2n) is 6.91. The molecule has 0 heterocycles. The van der Waals surface area contributed by atoms with Gasteiger partial charge in [0.05, 0.1) is 19.8 Å². The molecule has 0 saturated carbocycles. The van der Waals surface area contributed by atoms with Gasteiger partial charge in [-0.3, -0.25) is 4.79 Å². The van der Waals surface area contributed by atoms with Crippen LogP contribution in [0, 0.1) is 6.92 Å². The minimum atomic E-state index is -0.378. The van der Waals surface area contributed by atoms with Crippen LogP contribution in [0.15, 0.2) is 65.6 Å². The average molecular weight is 415 g/mol. The molecule has 2 aromatic carbocycles. The van der Waals surface area contributed by atoms with Crippen molar-refractivity contribution in [2.24, 2.45) is 0 Å². The molecule has 4 nitrogen and oxygen atoms in total. The van der Waals surface area contributed by atoms with Gasteiger partial charge in [0.2, 0.25) is 5.12 Å². The first-order valence-electron chi connectivity index (χ1n) is 9.90. The first kappa shape index (κ1) is 23.2. The molecule has 0 bridgehead atoms. The van der Waals surface area contributed by atoms with Crippen LogP contribution in [0.4, 0.5) is 0 Å². The third kappa shape index (κ3) is 9.79. The summed E-state index contributed by atoms with van der Waals surface area (Å²) in [5, 5.41) is 10.1. The van der Waals surface area contributed by atoms with Gasteiger partial charge >= 0.3 is 0 Å². The highest BCUT2D eigenvalue weighted by Crippen LogP contribution is 2.20. The van der Waals surface area contributed by atoms with Crippen molar-refractivity contribution in [1.29, 1.82) is 0 Å². The molecule has 29 heavy (non-hydrogen) atoms. The maximum absolute atomic E-state index is 11.9. The number of aryl methyl sites for hydroxylation is 1. The highest BCUT2D eigenvalue weighted by Gasteiger charge is 2.04. The molecule has 0 spiro atoms. The van der Waals surface area contributed by atoms with E-state index in [4.69, 9.17) is 9.47 Å². The van der Waals surface area contributed by atoms with Crippen LogP contribution in [0.1, 0.15) is 36.8 Å². The van der Waals surface area contributed by atoms with E-state index in [9.17, 15) is 9.90 Å². The molecule has 0 fully saturated rings. The van der Waals surface area contributed by atoms with Gasteiger partial charge in [-0.2, -0.15) is 0 Å². The molecule has 0 aliphatic carbocycles. The highest BCUT2D eigenvalue weighted by molar-refractivity contribution is 8.14. The van der Waals surface area contributed by atoms with Crippen LogP contribution in [0.5, 0.6) is 5.75 Å². The zero-order valence-electron chi connectivity index (χ0n) is 17.2. The van der Waals surface area contributed by atoms with Gasteiger partial charge in [0, 0.05) is 11.5 Å². The Balaban J connectivity index is 1.52. The van der Waals surface area contributed by atoms with Crippen LogP contribution in [-0.2, 0) is 16.1 Å². The minimum Gasteiger partial charge on any atom is -0.497 e. The Morgan fingerprint density at radius 1 is 1.10 bits per heavy atom. The monoisotopic (exact) mass is 414 g/mol. The van der Waals surface area contributed by atoms with Gasteiger partial charge in [-0.25, -0.2) is 0 Å². The normalized spacial score (nSPS) is 12.2. The predicted octanol–water partition coefficient (Wildman–Crippen LogP) is 5.32. The molecule has 0 radical (unpaired) electrons. The number of hydrogen-bond donors (Lipinski definition) is 1. The van der Waals surface area contributed by atoms with E-state index >= 15 is 0 Å². The molecule has 0 aliphatic rings. The Kier molecular flexibility index (Phi) is 10.6. The molecule has 0 amide bonds. The number of allylic oxidation sites excluding steroid dienone is 1. The standard InChI is InChI=1S/C24H30O4S/c1-19-8-14-23(15-9-19)29-24(26)7-5-3-4-6-21(25)16-17-28-18-20-10-12-22(27-2)13-11-20/h5,7-15,21,25H,3-4,6,16-18H2,1-2H3/b7-5+. The SMILES string of the molecule is COc1ccc(COCCC(O)CCC/C=C/C(=O)Sc2ccc(C)cc2)cc1. The van der Waals surface area contributed by atoms with Crippen LogP contribution < -0.4 is 4.74 Å². The van der Waals surface area contributed by atoms with Gasteiger partial charge < -0.3 is 14.6 Å². The summed E-state index contributed by atoms with van der Waals surface area (Å²) in [5.41, 5.74) is 2.26. The third-order valence-electron chi connectivity index (χ3n) is 4.42. The molecule has 0 saturated heterocycles.